The van der Waals surface area contributed by atoms with Crippen LogP contribution in [-0.2, 0) is 6.54 Å². The van der Waals surface area contributed by atoms with Crippen molar-refractivity contribution in [3.63, 3.8) is 0 Å². The van der Waals surface area contributed by atoms with Crippen LogP contribution in [0.15, 0.2) is 18.2 Å². The molecule has 1 N–H and O–H groups in total. The first-order chi connectivity index (χ1) is 9.81. The summed E-state index contributed by atoms with van der Waals surface area (Å²) in [4.78, 5) is 16.0. The van der Waals surface area contributed by atoms with Crippen LogP contribution in [0, 0.1) is 11.3 Å². The van der Waals surface area contributed by atoms with E-state index in [2.05, 4.69) is 37.2 Å². The van der Waals surface area contributed by atoms with Gasteiger partial charge in [0.25, 0.3) is 0 Å². The highest BCUT2D eigenvalue weighted by Gasteiger charge is 2.45. The van der Waals surface area contributed by atoms with E-state index in [4.69, 9.17) is 0 Å². The Hall–Kier alpha value is -1.84. The Morgan fingerprint density at radius 2 is 2.14 bits per heavy atom. The molecule has 1 aliphatic rings. The first-order valence-corrected chi connectivity index (χ1v) is 7.53. The largest absolute Gasteiger partial charge is 0.478 e. The monoisotopic (exact) mass is 286 g/mol. The molecule has 4 nitrogen and oxygen atoms in total. The van der Waals surface area contributed by atoms with Gasteiger partial charge in [0.15, 0.2) is 0 Å². The zero-order valence-electron chi connectivity index (χ0n) is 13.1. The van der Waals surface area contributed by atoms with Crippen LogP contribution in [0.2, 0.25) is 0 Å². The number of fused-ring (bicyclic) bond motifs is 1. The number of aromatic carboxylic acids is 1. The van der Waals surface area contributed by atoms with E-state index in [1.54, 1.807) is 6.07 Å². The second-order valence-electron chi connectivity index (χ2n) is 7.10. The molecule has 3 rings (SSSR count). The fourth-order valence-electron chi connectivity index (χ4n) is 3.08. The minimum Gasteiger partial charge on any atom is -0.478 e. The van der Waals surface area contributed by atoms with E-state index >= 15 is 0 Å². The van der Waals surface area contributed by atoms with E-state index in [9.17, 15) is 9.90 Å². The van der Waals surface area contributed by atoms with Crippen molar-refractivity contribution in [1.82, 2.24) is 9.55 Å². The number of rotatable bonds is 4. The molecule has 0 saturated heterocycles. The number of imidazole rings is 1. The third-order valence-corrected chi connectivity index (χ3v) is 4.68. The summed E-state index contributed by atoms with van der Waals surface area (Å²) in [5, 5.41) is 9.35. The van der Waals surface area contributed by atoms with Gasteiger partial charge >= 0.3 is 5.97 Å². The predicted octanol–water partition coefficient (Wildman–Crippen LogP) is 3.90. The summed E-state index contributed by atoms with van der Waals surface area (Å²) in [5.41, 5.74) is 2.26. The Kier molecular flexibility index (Phi) is 3.08. The van der Waals surface area contributed by atoms with Crippen LogP contribution in [0.4, 0.5) is 0 Å². The Balaban J connectivity index is 2.14. The molecule has 0 aliphatic heterocycles. The molecule has 1 fully saturated rings. The van der Waals surface area contributed by atoms with Gasteiger partial charge in [0.2, 0.25) is 0 Å². The maximum Gasteiger partial charge on any atom is 0.337 e. The highest BCUT2D eigenvalue weighted by atomic mass is 16.4. The van der Waals surface area contributed by atoms with E-state index in [0.29, 0.717) is 22.4 Å². The second-order valence-corrected chi connectivity index (χ2v) is 7.10. The lowest BCUT2D eigenvalue weighted by molar-refractivity contribution is 0.0699. The number of para-hydroxylation sites is 1. The van der Waals surface area contributed by atoms with Crippen LogP contribution in [0.5, 0.6) is 0 Å². The fourth-order valence-corrected chi connectivity index (χ4v) is 3.08. The molecule has 1 aromatic heterocycles. The van der Waals surface area contributed by atoms with Gasteiger partial charge in [0, 0.05) is 12.5 Å². The van der Waals surface area contributed by atoms with Crippen LogP contribution < -0.4 is 0 Å². The summed E-state index contributed by atoms with van der Waals surface area (Å²) in [7, 11) is 0. The fraction of sp³-hybridized carbons (Fsp3) is 0.529. The topological polar surface area (TPSA) is 55.1 Å². The molecular formula is C17H22N2O2. The zero-order valence-corrected chi connectivity index (χ0v) is 13.1. The molecule has 0 bridgehead atoms. The Morgan fingerprint density at radius 1 is 1.48 bits per heavy atom. The second kappa shape index (κ2) is 4.58. The standard InChI is InChI=1S/C17H22N2O2/c1-10(2)15-18-14-12(16(20)21)6-5-7-13(14)19(15)9-11-8-17(11,3)4/h5-7,10-11H,8-9H2,1-4H3,(H,20,21). The van der Waals surface area contributed by atoms with Crippen LogP contribution >= 0.6 is 0 Å². The SMILES string of the molecule is CC(C)c1nc2c(C(=O)O)cccc2n1CC1CC1(C)C. The third-order valence-electron chi connectivity index (χ3n) is 4.68. The number of nitrogens with zero attached hydrogens (tertiary/aromatic N) is 2. The van der Waals surface area contributed by atoms with E-state index in [1.165, 1.54) is 6.42 Å². The van der Waals surface area contributed by atoms with E-state index in [0.717, 1.165) is 17.9 Å². The quantitative estimate of drug-likeness (QED) is 0.927. The molecule has 21 heavy (non-hydrogen) atoms. The number of aromatic nitrogens is 2. The van der Waals surface area contributed by atoms with Crippen molar-refractivity contribution in [2.75, 3.05) is 0 Å². The van der Waals surface area contributed by atoms with Crippen molar-refractivity contribution in [3.05, 3.63) is 29.6 Å². The summed E-state index contributed by atoms with van der Waals surface area (Å²) in [6, 6.07) is 5.43. The van der Waals surface area contributed by atoms with E-state index < -0.39 is 5.97 Å². The molecule has 2 aromatic rings. The first-order valence-electron chi connectivity index (χ1n) is 7.53. The predicted molar refractivity (Wildman–Crippen MR) is 82.7 cm³/mol. The van der Waals surface area contributed by atoms with Crippen molar-refractivity contribution in [3.8, 4) is 0 Å². The molecule has 4 heteroatoms. The third kappa shape index (κ3) is 2.33. The molecule has 1 aliphatic carbocycles. The number of hydrogen-bond acceptors (Lipinski definition) is 2. The van der Waals surface area contributed by atoms with Gasteiger partial charge in [0.05, 0.1) is 11.1 Å². The van der Waals surface area contributed by atoms with E-state index in [1.807, 2.05) is 12.1 Å². The van der Waals surface area contributed by atoms with Gasteiger partial charge in [-0.05, 0) is 29.9 Å². The number of carboxylic acids is 1. The van der Waals surface area contributed by atoms with Crippen LogP contribution in [0.3, 0.4) is 0 Å². The molecule has 0 radical (unpaired) electrons. The summed E-state index contributed by atoms with van der Waals surface area (Å²) in [6.07, 6.45) is 1.23. The number of carboxylic acid groups (broad SMARTS) is 1. The van der Waals surface area contributed by atoms with Crippen LogP contribution in [0.1, 0.15) is 56.2 Å². The lowest BCUT2D eigenvalue weighted by atomic mass is 10.1. The molecule has 1 heterocycles. The molecule has 1 aromatic carbocycles. The van der Waals surface area contributed by atoms with Gasteiger partial charge in [-0.3, -0.25) is 0 Å². The van der Waals surface area contributed by atoms with Gasteiger partial charge in [-0.15, -0.1) is 0 Å². The number of carbonyl (C=O) groups is 1. The van der Waals surface area contributed by atoms with Crippen molar-refractivity contribution in [1.29, 1.82) is 0 Å². The smallest absolute Gasteiger partial charge is 0.337 e. The van der Waals surface area contributed by atoms with Crippen LogP contribution in [0.25, 0.3) is 11.0 Å². The van der Waals surface area contributed by atoms with Crippen molar-refractivity contribution in [2.45, 2.75) is 46.6 Å². The van der Waals surface area contributed by atoms with Crippen molar-refractivity contribution >= 4 is 17.0 Å². The highest BCUT2D eigenvalue weighted by molar-refractivity contribution is 6.01. The molecule has 0 amide bonds. The molecule has 112 valence electrons. The Bertz CT molecular complexity index is 713. The van der Waals surface area contributed by atoms with Gasteiger partial charge in [0.1, 0.15) is 11.3 Å². The number of hydrogen-bond donors (Lipinski definition) is 1. The minimum atomic E-state index is -0.910. The maximum atomic E-state index is 11.4. The van der Waals surface area contributed by atoms with Gasteiger partial charge in [-0.2, -0.15) is 0 Å². The molecule has 1 saturated carbocycles. The summed E-state index contributed by atoms with van der Waals surface area (Å²) < 4.78 is 2.23. The highest BCUT2D eigenvalue weighted by Crippen LogP contribution is 2.52. The summed E-state index contributed by atoms with van der Waals surface area (Å²) >= 11 is 0. The molecule has 1 atom stereocenters. The van der Waals surface area contributed by atoms with Gasteiger partial charge in [-0.1, -0.05) is 33.8 Å². The van der Waals surface area contributed by atoms with Crippen molar-refractivity contribution < 1.29 is 9.90 Å². The lowest BCUT2D eigenvalue weighted by Gasteiger charge is -2.12. The van der Waals surface area contributed by atoms with Crippen LogP contribution in [-0.4, -0.2) is 20.6 Å². The first kappa shape index (κ1) is 14.1. The minimum absolute atomic E-state index is 0.279. The average molecular weight is 286 g/mol. The molecule has 0 spiro atoms. The van der Waals surface area contributed by atoms with Gasteiger partial charge in [-0.25, -0.2) is 9.78 Å². The van der Waals surface area contributed by atoms with E-state index in [-0.39, 0.29) is 5.92 Å². The Morgan fingerprint density at radius 3 is 2.67 bits per heavy atom. The molecule has 1 unspecified atom stereocenters. The Labute approximate surface area is 124 Å². The summed E-state index contributed by atoms with van der Waals surface area (Å²) in [6.45, 7) is 9.72. The maximum absolute atomic E-state index is 11.4. The average Bonchev–Trinajstić information content (AvgIpc) is 2.82. The molecular weight excluding hydrogens is 264 g/mol. The van der Waals surface area contributed by atoms with Crippen molar-refractivity contribution in [2.24, 2.45) is 11.3 Å². The van der Waals surface area contributed by atoms with Gasteiger partial charge < -0.3 is 9.67 Å². The normalized spacial score (nSPS) is 20.1. The summed E-state index contributed by atoms with van der Waals surface area (Å²) in [5.74, 6) is 1.01. The number of benzene rings is 1. The zero-order chi connectivity index (χ0) is 15.4. The lowest BCUT2D eigenvalue weighted by Crippen LogP contribution is -2.09.